The molecule has 0 atom stereocenters. The number of rotatable bonds is 2. The fourth-order valence-electron chi connectivity index (χ4n) is 1.62. The van der Waals surface area contributed by atoms with E-state index in [4.69, 9.17) is 21.1 Å². The lowest BCUT2D eigenvalue weighted by Crippen LogP contribution is -2.42. The maximum Gasteiger partial charge on any atom is 0.350 e. The van der Waals surface area contributed by atoms with Crippen LogP contribution in [0.25, 0.3) is 0 Å². The predicted octanol–water partition coefficient (Wildman–Crippen LogP) is 4.14. The van der Waals surface area contributed by atoms with E-state index in [-0.39, 0.29) is 25.2 Å². The van der Waals surface area contributed by atoms with Gasteiger partial charge in [0.25, 0.3) is 5.79 Å². The van der Waals surface area contributed by atoms with E-state index >= 15 is 0 Å². The van der Waals surface area contributed by atoms with Gasteiger partial charge in [0, 0.05) is 20.0 Å². The van der Waals surface area contributed by atoms with E-state index in [1.165, 1.54) is 19.9 Å². The van der Waals surface area contributed by atoms with E-state index in [0.29, 0.717) is 0 Å². The highest BCUT2D eigenvalue weighted by molar-refractivity contribution is 9.11. The van der Waals surface area contributed by atoms with Crippen molar-refractivity contribution in [2.75, 3.05) is 5.32 Å². The molecule has 0 aromatic heterocycles. The molecule has 1 N–H and O–H groups in total. The van der Waals surface area contributed by atoms with Crippen LogP contribution in [0.2, 0.25) is 5.02 Å². The van der Waals surface area contributed by atoms with Crippen molar-refractivity contribution in [2.24, 2.45) is 0 Å². The Balaban J connectivity index is 2.32. The number of esters is 2. The van der Waals surface area contributed by atoms with Gasteiger partial charge in [-0.1, -0.05) is 11.6 Å². The van der Waals surface area contributed by atoms with Crippen molar-refractivity contribution >= 4 is 61.1 Å². The van der Waals surface area contributed by atoms with Gasteiger partial charge in [-0.05, 0) is 37.9 Å². The first-order chi connectivity index (χ1) is 10.1. The molecule has 118 valence electrons. The number of hydrogen-bond donors (Lipinski definition) is 1. The first-order valence-corrected chi connectivity index (χ1v) is 7.85. The SMILES string of the molecule is CC1(C)OC(=O)C(=CNc2c(Cl)cc(Br)c(F)c2Br)C(=O)O1. The number of benzene rings is 1. The number of nitrogens with one attached hydrogen (secondary N) is 1. The van der Waals surface area contributed by atoms with Crippen LogP contribution in [0.4, 0.5) is 10.1 Å². The Hall–Kier alpha value is -1.12. The second kappa shape index (κ2) is 6.17. The number of halogens is 4. The molecule has 9 heteroatoms. The van der Waals surface area contributed by atoms with Crippen molar-refractivity contribution in [2.45, 2.75) is 19.6 Å². The molecule has 0 unspecified atom stereocenters. The fraction of sp³-hybridized carbons (Fsp3) is 0.231. The third-order valence-electron chi connectivity index (χ3n) is 2.59. The van der Waals surface area contributed by atoms with E-state index in [9.17, 15) is 14.0 Å². The maximum atomic E-state index is 13.8. The molecule has 1 aliphatic rings. The van der Waals surface area contributed by atoms with E-state index in [2.05, 4.69) is 37.2 Å². The highest BCUT2D eigenvalue weighted by atomic mass is 79.9. The molecule has 0 amide bonds. The Kier molecular flexibility index (Phi) is 4.84. The molecule has 0 bridgehead atoms. The molecule has 1 aromatic rings. The maximum absolute atomic E-state index is 13.8. The number of cyclic esters (lactones) is 2. The Morgan fingerprint density at radius 1 is 1.27 bits per heavy atom. The Bertz CT molecular complexity index is 684. The van der Waals surface area contributed by atoms with Crippen LogP contribution in [0, 0.1) is 5.82 Å². The van der Waals surface area contributed by atoms with Gasteiger partial charge in [0.05, 0.1) is 19.7 Å². The largest absolute Gasteiger partial charge is 0.419 e. The van der Waals surface area contributed by atoms with Gasteiger partial charge in [-0.2, -0.15) is 0 Å². The summed E-state index contributed by atoms with van der Waals surface area (Å²) in [5.74, 6) is -3.61. The van der Waals surface area contributed by atoms with Crippen LogP contribution < -0.4 is 5.32 Å². The average molecular weight is 457 g/mol. The molecule has 5 nitrogen and oxygen atoms in total. The molecule has 2 rings (SSSR count). The van der Waals surface area contributed by atoms with Crippen molar-refractivity contribution in [3.8, 4) is 0 Å². The Morgan fingerprint density at radius 2 is 1.82 bits per heavy atom. The normalized spacial score (nSPS) is 16.9. The van der Waals surface area contributed by atoms with Crippen LogP contribution >= 0.6 is 43.5 Å². The third-order valence-corrected chi connectivity index (χ3v) is 4.21. The summed E-state index contributed by atoms with van der Waals surface area (Å²) in [6, 6.07) is 1.34. The van der Waals surface area contributed by atoms with Gasteiger partial charge in [-0.15, -0.1) is 0 Å². The Labute approximate surface area is 147 Å². The molecule has 0 aliphatic carbocycles. The molecule has 1 heterocycles. The van der Waals surface area contributed by atoms with Crippen molar-refractivity contribution in [1.29, 1.82) is 0 Å². The molecule has 0 spiro atoms. The first-order valence-electron chi connectivity index (χ1n) is 5.89. The minimum absolute atomic E-state index is 0.0431. The van der Waals surface area contributed by atoms with Crippen molar-refractivity contribution in [3.63, 3.8) is 0 Å². The molecule has 1 saturated heterocycles. The van der Waals surface area contributed by atoms with E-state index < -0.39 is 23.5 Å². The zero-order valence-corrected chi connectivity index (χ0v) is 15.2. The average Bonchev–Trinajstić information content (AvgIpc) is 2.37. The monoisotopic (exact) mass is 455 g/mol. The van der Waals surface area contributed by atoms with Crippen molar-refractivity contribution in [3.05, 3.63) is 37.6 Å². The standard InChI is InChI=1S/C13H9Br2ClFNO4/c1-13(2)21-11(19)5(12(20)22-13)4-18-10-7(16)3-6(14)9(17)8(10)15/h3-4,18H,1-2H3. The van der Waals surface area contributed by atoms with Crippen LogP contribution in [0.5, 0.6) is 0 Å². The summed E-state index contributed by atoms with van der Waals surface area (Å²) in [6.45, 7) is 2.87. The summed E-state index contributed by atoms with van der Waals surface area (Å²) in [4.78, 5) is 23.5. The molecule has 1 fully saturated rings. The van der Waals surface area contributed by atoms with Gasteiger partial charge in [0.2, 0.25) is 0 Å². The topological polar surface area (TPSA) is 64.6 Å². The van der Waals surface area contributed by atoms with Crippen molar-refractivity contribution < 1.29 is 23.5 Å². The minimum atomic E-state index is -1.33. The van der Waals surface area contributed by atoms with Crippen LogP contribution in [0.3, 0.4) is 0 Å². The summed E-state index contributed by atoms with van der Waals surface area (Å²) in [5.41, 5.74) is -0.203. The highest BCUT2D eigenvalue weighted by Gasteiger charge is 2.39. The van der Waals surface area contributed by atoms with Crippen LogP contribution in [-0.2, 0) is 19.1 Å². The van der Waals surface area contributed by atoms with E-state index in [0.717, 1.165) is 6.20 Å². The fourth-order valence-corrected chi connectivity index (χ4v) is 3.36. The van der Waals surface area contributed by atoms with E-state index in [1.54, 1.807) is 0 Å². The second-order valence-electron chi connectivity index (χ2n) is 4.72. The molecule has 0 radical (unpaired) electrons. The van der Waals surface area contributed by atoms with Crippen LogP contribution in [-0.4, -0.2) is 17.7 Å². The van der Waals surface area contributed by atoms with Crippen molar-refractivity contribution in [1.82, 2.24) is 0 Å². The molecule has 1 aromatic carbocycles. The summed E-state index contributed by atoms with van der Waals surface area (Å²) < 4.78 is 23.9. The lowest BCUT2D eigenvalue weighted by molar-refractivity contribution is -0.222. The number of ether oxygens (including phenoxy) is 2. The second-order valence-corrected chi connectivity index (χ2v) is 6.78. The number of hydrogen-bond acceptors (Lipinski definition) is 5. The Morgan fingerprint density at radius 3 is 2.36 bits per heavy atom. The predicted molar refractivity (Wildman–Crippen MR) is 84.8 cm³/mol. The minimum Gasteiger partial charge on any atom is -0.419 e. The molecule has 22 heavy (non-hydrogen) atoms. The molecular weight excluding hydrogens is 448 g/mol. The lowest BCUT2D eigenvalue weighted by atomic mass is 10.2. The van der Waals surface area contributed by atoms with Gasteiger partial charge < -0.3 is 14.8 Å². The molecular formula is C13H9Br2ClFNO4. The summed E-state index contributed by atoms with van der Waals surface area (Å²) >= 11 is 12.0. The smallest absolute Gasteiger partial charge is 0.350 e. The number of anilines is 1. The molecule has 0 saturated carbocycles. The van der Waals surface area contributed by atoms with Gasteiger partial charge in [-0.25, -0.2) is 14.0 Å². The zero-order valence-electron chi connectivity index (χ0n) is 11.3. The van der Waals surface area contributed by atoms with Crippen LogP contribution in [0.1, 0.15) is 13.8 Å². The van der Waals surface area contributed by atoms with Crippen LogP contribution in [0.15, 0.2) is 26.8 Å². The van der Waals surface area contributed by atoms with Gasteiger partial charge in [0.15, 0.2) is 11.4 Å². The van der Waals surface area contributed by atoms with Gasteiger partial charge in [-0.3, -0.25) is 0 Å². The van der Waals surface area contributed by atoms with E-state index in [1.807, 2.05) is 0 Å². The van der Waals surface area contributed by atoms with Gasteiger partial charge in [0.1, 0.15) is 0 Å². The molecule has 1 aliphatic heterocycles. The summed E-state index contributed by atoms with van der Waals surface area (Å²) in [7, 11) is 0. The quantitative estimate of drug-likeness (QED) is 0.238. The summed E-state index contributed by atoms with van der Waals surface area (Å²) in [6.07, 6.45) is 1.05. The summed E-state index contributed by atoms with van der Waals surface area (Å²) in [5, 5.41) is 2.78. The third kappa shape index (κ3) is 3.44. The zero-order chi connectivity index (χ0) is 16.7. The first kappa shape index (κ1) is 17.2. The van der Waals surface area contributed by atoms with Gasteiger partial charge >= 0.3 is 11.9 Å². The lowest BCUT2D eigenvalue weighted by Gasteiger charge is -2.29. The number of carbonyl (C=O) groups is 2. The number of carbonyl (C=O) groups excluding carboxylic acids is 2. The highest BCUT2D eigenvalue weighted by Crippen LogP contribution is 2.37.